The van der Waals surface area contributed by atoms with Gasteiger partial charge in [0, 0.05) is 48.0 Å². The number of likely N-dealkylation sites (N-methyl/N-ethyl adjacent to an activating group) is 1. The number of hydrogen-bond donors (Lipinski definition) is 1. The van der Waals surface area contributed by atoms with Crippen LogP contribution >= 0.6 is 11.6 Å². The van der Waals surface area contributed by atoms with Gasteiger partial charge in [-0.15, -0.1) is 0 Å². The van der Waals surface area contributed by atoms with Gasteiger partial charge in [0.15, 0.2) is 0 Å². The molecule has 1 aromatic carbocycles. The third-order valence-electron chi connectivity index (χ3n) is 3.96. The Bertz CT molecular complexity index is 431. The Morgan fingerprint density at radius 2 is 2.06 bits per heavy atom. The molecule has 1 saturated heterocycles. The van der Waals surface area contributed by atoms with Crippen LogP contribution in [0.25, 0.3) is 0 Å². The van der Waals surface area contributed by atoms with E-state index in [9.17, 15) is 0 Å². The van der Waals surface area contributed by atoms with E-state index in [4.69, 9.17) is 17.3 Å². The first-order chi connectivity index (χ1) is 8.45. The second-order valence-corrected chi connectivity index (χ2v) is 6.00. The molecule has 1 aromatic rings. The zero-order chi connectivity index (χ0) is 13.3. The van der Waals surface area contributed by atoms with Crippen molar-refractivity contribution in [2.75, 3.05) is 31.6 Å². The Balaban J connectivity index is 2.30. The van der Waals surface area contributed by atoms with Crippen LogP contribution in [0.5, 0.6) is 0 Å². The summed E-state index contributed by atoms with van der Waals surface area (Å²) in [7, 11) is 2.18. The lowest BCUT2D eigenvalue weighted by Crippen LogP contribution is -2.57. The predicted molar refractivity (Wildman–Crippen MR) is 78.3 cm³/mol. The average Bonchev–Trinajstić information content (AvgIpc) is 2.32. The summed E-state index contributed by atoms with van der Waals surface area (Å²) in [4.78, 5) is 4.80. The standard InChI is InChI=1S/C14H22ClN3/c1-14(2)10-18(8-7-17(14)3)13-6-4-5-12(15)11(13)9-16/h4-6H,7-10,16H2,1-3H3. The van der Waals surface area contributed by atoms with Gasteiger partial charge in [-0.3, -0.25) is 4.90 Å². The molecule has 1 aliphatic heterocycles. The van der Waals surface area contributed by atoms with Gasteiger partial charge in [-0.2, -0.15) is 0 Å². The Labute approximate surface area is 115 Å². The lowest BCUT2D eigenvalue weighted by Gasteiger charge is -2.46. The fraction of sp³-hybridized carbons (Fsp3) is 0.571. The van der Waals surface area contributed by atoms with E-state index in [1.54, 1.807) is 0 Å². The molecule has 0 atom stereocenters. The summed E-state index contributed by atoms with van der Waals surface area (Å²) in [5.41, 5.74) is 8.25. The number of piperazine rings is 1. The number of halogens is 1. The van der Waals surface area contributed by atoms with Crippen LogP contribution in [0.15, 0.2) is 18.2 Å². The number of benzene rings is 1. The molecule has 1 fully saturated rings. The lowest BCUT2D eigenvalue weighted by atomic mass is 9.98. The van der Waals surface area contributed by atoms with Crippen molar-refractivity contribution < 1.29 is 0 Å². The maximum Gasteiger partial charge on any atom is 0.0471 e. The molecule has 3 nitrogen and oxygen atoms in total. The molecule has 0 aliphatic carbocycles. The molecule has 0 radical (unpaired) electrons. The van der Waals surface area contributed by atoms with E-state index in [1.807, 2.05) is 12.1 Å². The van der Waals surface area contributed by atoms with Gasteiger partial charge >= 0.3 is 0 Å². The summed E-state index contributed by atoms with van der Waals surface area (Å²) in [6.07, 6.45) is 0. The highest BCUT2D eigenvalue weighted by molar-refractivity contribution is 6.31. The minimum absolute atomic E-state index is 0.173. The molecular weight excluding hydrogens is 246 g/mol. The highest BCUT2D eigenvalue weighted by atomic mass is 35.5. The molecule has 0 amide bonds. The zero-order valence-corrected chi connectivity index (χ0v) is 12.2. The largest absolute Gasteiger partial charge is 0.368 e. The highest BCUT2D eigenvalue weighted by Crippen LogP contribution is 2.30. The summed E-state index contributed by atoms with van der Waals surface area (Å²) in [6, 6.07) is 6.03. The maximum atomic E-state index is 6.23. The van der Waals surface area contributed by atoms with Crippen LogP contribution < -0.4 is 10.6 Å². The third kappa shape index (κ3) is 2.48. The summed E-state index contributed by atoms with van der Waals surface area (Å²) < 4.78 is 0. The molecule has 0 saturated carbocycles. The quantitative estimate of drug-likeness (QED) is 0.893. The normalized spacial score (nSPS) is 20.2. The average molecular weight is 268 g/mol. The molecule has 4 heteroatoms. The molecule has 1 heterocycles. The predicted octanol–water partition coefficient (Wildman–Crippen LogP) is 2.33. The Hall–Kier alpha value is -0.770. The number of anilines is 1. The van der Waals surface area contributed by atoms with Crippen molar-refractivity contribution in [3.8, 4) is 0 Å². The molecule has 2 rings (SSSR count). The van der Waals surface area contributed by atoms with Gasteiger partial charge in [0.25, 0.3) is 0 Å². The van der Waals surface area contributed by atoms with Crippen molar-refractivity contribution in [1.29, 1.82) is 0 Å². The van der Waals surface area contributed by atoms with Crippen molar-refractivity contribution in [1.82, 2.24) is 4.90 Å². The van der Waals surface area contributed by atoms with Crippen LogP contribution in [-0.2, 0) is 6.54 Å². The minimum atomic E-state index is 0.173. The first-order valence-electron chi connectivity index (χ1n) is 6.39. The second-order valence-electron chi connectivity index (χ2n) is 5.60. The molecule has 0 unspecified atom stereocenters. The Morgan fingerprint density at radius 3 is 2.67 bits per heavy atom. The van der Waals surface area contributed by atoms with Crippen LogP contribution in [0.3, 0.4) is 0 Å². The molecule has 1 aliphatic rings. The Kier molecular flexibility index (Phi) is 3.85. The van der Waals surface area contributed by atoms with Gasteiger partial charge < -0.3 is 10.6 Å². The molecule has 0 bridgehead atoms. The topological polar surface area (TPSA) is 32.5 Å². The van der Waals surface area contributed by atoms with Crippen LogP contribution in [0.2, 0.25) is 5.02 Å². The van der Waals surface area contributed by atoms with Gasteiger partial charge in [0.05, 0.1) is 0 Å². The summed E-state index contributed by atoms with van der Waals surface area (Å²) >= 11 is 6.23. The van der Waals surface area contributed by atoms with E-state index in [-0.39, 0.29) is 5.54 Å². The van der Waals surface area contributed by atoms with Crippen LogP contribution in [0, 0.1) is 0 Å². The van der Waals surface area contributed by atoms with Crippen molar-refractivity contribution in [2.24, 2.45) is 5.73 Å². The second kappa shape index (κ2) is 5.08. The lowest BCUT2D eigenvalue weighted by molar-refractivity contribution is 0.139. The first-order valence-corrected chi connectivity index (χ1v) is 6.77. The summed E-state index contributed by atoms with van der Waals surface area (Å²) in [6.45, 7) is 8.10. The molecule has 2 N–H and O–H groups in total. The first kappa shape index (κ1) is 13.7. The van der Waals surface area contributed by atoms with Crippen molar-refractivity contribution in [3.63, 3.8) is 0 Å². The van der Waals surface area contributed by atoms with Crippen molar-refractivity contribution in [2.45, 2.75) is 25.9 Å². The van der Waals surface area contributed by atoms with E-state index in [0.717, 1.165) is 30.2 Å². The zero-order valence-electron chi connectivity index (χ0n) is 11.4. The molecule has 18 heavy (non-hydrogen) atoms. The van der Waals surface area contributed by atoms with Gasteiger partial charge in [0.1, 0.15) is 0 Å². The van der Waals surface area contributed by atoms with Gasteiger partial charge in [-0.1, -0.05) is 17.7 Å². The molecular formula is C14H22ClN3. The number of nitrogens with two attached hydrogens (primary N) is 1. The molecule has 0 spiro atoms. The highest BCUT2D eigenvalue weighted by Gasteiger charge is 2.31. The van der Waals surface area contributed by atoms with Crippen molar-refractivity contribution in [3.05, 3.63) is 28.8 Å². The van der Waals surface area contributed by atoms with E-state index in [1.165, 1.54) is 5.69 Å². The number of nitrogens with zero attached hydrogens (tertiary/aromatic N) is 2. The van der Waals surface area contributed by atoms with Crippen LogP contribution in [0.1, 0.15) is 19.4 Å². The van der Waals surface area contributed by atoms with Gasteiger partial charge in [0.2, 0.25) is 0 Å². The number of rotatable bonds is 2. The van der Waals surface area contributed by atoms with E-state index >= 15 is 0 Å². The smallest absolute Gasteiger partial charge is 0.0471 e. The maximum absolute atomic E-state index is 6.23. The fourth-order valence-electron chi connectivity index (χ4n) is 2.49. The summed E-state index contributed by atoms with van der Waals surface area (Å²) in [5.74, 6) is 0. The third-order valence-corrected chi connectivity index (χ3v) is 4.31. The number of hydrogen-bond acceptors (Lipinski definition) is 3. The van der Waals surface area contributed by atoms with E-state index in [2.05, 4.69) is 36.8 Å². The SMILES string of the molecule is CN1CCN(c2cccc(Cl)c2CN)CC1(C)C. The summed E-state index contributed by atoms with van der Waals surface area (Å²) in [5, 5.41) is 0.770. The minimum Gasteiger partial charge on any atom is -0.368 e. The van der Waals surface area contributed by atoms with Crippen molar-refractivity contribution >= 4 is 17.3 Å². The van der Waals surface area contributed by atoms with Crippen LogP contribution in [0.4, 0.5) is 5.69 Å². The van der Waals surface area contributed by atoms with E-state index in [0.29, 0.717) is 6.54 Å². The van der Waals surface area contributed by atoms with E-state index < -0.39 is 0 Å². The fourth-order valence-corrected chi connectivity index (χ4v) is 2.74. The van der Waals surface area contributed by atoms with Crippen LogP contribution in [-0.4, -0.2) is 37.1 Å². The Morgan fingerprint density at radius 1 is 1.33 bits per heavy atom. The van der Waals surface area contributed by atoms with Gasteiger partial charge in [-0.05, 0) is 33.0 Å². The molecule has 0 aromatic heterocycles. The monoisotopic (exact) mass is 267 g/mol. The molecule has 100 valence electrons. The van der Waals surface area contributed by atoms with Gasteiger partial charge in [-0.25, -0.2) is 0 Å².